The van der Waals surface area contributed by atoms with Gasteiger partial charge in [-0.15, -0.1) is 0 Å². The third kappa shape index (κ3) is 8.31. The van der Waals surface area contributed by atoms with Gasteiger partial charge in [0.1, 0.15) is 0 Å². The van der Waals surface area contributed by atoms with E-state index in [0.29, 0.717) is 0 Å². The molecule has 0 aliphatic rings. The van der Waals surface area contributed by atoms with Crippen molar-refractivity contribution in [2.75, 3.05) is 13.2 Å². The minimum Gasteiger partial charge on any atom is -0.480 e. The van der Waals surface area contributed by atoms with Crippen molar-refractivity contribution in [2.24, 2.45) is 0 Å². The number of alkyl halides is 3. The second kappa shape index (κ2) is 6.94. The van der Waals surface area contributed by atoms with Crippen molar-refractivity contribution in [3.63, 3.8) is 0 Å². The first kappa shape index (κ1) is 15.5. The normalized spacial score (nSPS) is 12.9. The second-order valence-corrected chi connectivity index (χ2v) is 3.19. The highest BCUT2D eigenvalue weighted by atomic mass is 19.4. The molecule has 0 saturated carbocycles. The van der Waals surface area contributed by atoms with E-state index in [2.05, 4.69) is 5.32 Å². The summed E-state index contributed by atoms with van der Waals surface area (Å²) in [5.74, 6) is -1.43. The Morgan fingerprint density at radius 2 is 1.88 bits per heavy atom. The number of hydrogen-bond acceptors (Lipinski definition) is 3. The zero-order chi connectivity index (χ0) is 13.5. The van der Waals surface area contributed by atoms with Crippen LogP contribution in [-0.4, -0.2) is 47.6 Å². The molecule has 0 spiro atoms. The zero-order valence-corrected chi connectivity index (χ0v) is 8.75. The lowest BCUT2D eigenvalue weighted by Gasteiger charge is -2.12. The van der Waals surface area contributed by atoms with E-state index in [-0.39, 0.29) is 13.0 Å². The summed E-state index contributed by atoms with van der Waals surface area (Å²) in [6, 6.07) is -2.41. The van der Waals surface area contributed by atoms with E-state index in [0.717, 1.165) is 0 Å². The van der Waals surface area contributed by atoms with Gasteiger partial charge in [0.15, 0.2) is 6.04 Å². The molecule has 0 aliphatic heterocycles. The quantitative estimate of drug-likeness (QED) is 0.507. The lowest BCUT2D eigenvalue weighted by atomic mass is 10.3. The second-order valence-electron chi connectivity index (χ2n) is 3.19. The van der Waals surface area contributed by atoms with Crippen LogP contribution < -0.4 is 10.6 Å². The van der Waals surface area contributed by atoms with Crippen LogP contribution in [0.3, 0.4) is 0 Å². The maximum Gasteiger partial charge on any atom is 0.389 e. The van der Waals surface area contributed by atoms with Crippen molar-refractivity contribution in [1.82, 2.24) is 10.6 Å². The number of carboxylic acid groups (broad SMARTS) is 1. The molecule has 0 radical (unpaired) electrons. The van der Waals surface area contributed by atoms with Gasteiger partial charge in [0.2, 0.25) is 0 Å². The number of carbonyl (C=O) groups is 2. The van der Waals surface area contributed by atoms with Gasteiger partial charge in [-0.3, -0.25) is 0 Å². The molecule has 0 aromatic rings. The molecule has 6 nitrogen and oxygen atoms in total. The van der Waals surface area contributed by atoms with Crippen LogP contribution >= 0.6 is 0 Å². The maximum absolute atomic E-state index is 11.7. The summed E-state index contributed by atoms with van der Waals surface area (Å²) >= 11 is 0. The number of aliphatic carboxylic acids is 1. The highest BCUT2D eigenvalue weighted by Crippen LogP contribution is 2.20. The number of aliphatic hydroxyl groups excluding tert-OH is 1. The highest BCUT2D eigenvalue weighted by Gasteiger charge is 2.26. The van der Waals surface area contributed by atoms with Crippen molar-refractivity contribution in [1.29, 1.82) is 0 Å². The molecule has 0 bridgehead atoms. The van der Waals surface area contributed by atoms with Crippen LogP contribution in [0.5, 0.6) is 0 Å². The molecule has 0 aliphatic carbocycles. The zero-order valence-electron chi connectivity index (χ0n) is 8.75. The Balaban J connectivity index is 3.77. The molecule has 2 amide bonds. The molecule has 100 valence electrons. The molecule has 0 saturated heterocycles. The van der Waals surface area contributed by atoms with E-state index in [4.69, 9.17) is 10.2 Å². The Hall–Kier alpha value is -1.51. The summed E-state index contributed by atoms with van der Waals surface area (Å²) in [5.41, 5.74) is 0. The Bertz CT molecular complexity index is 270. The van der Waals surface area contributed by atoms with Crippen LogP contribution in [0.2, 0.25) is 0 Å². The van der Waals surface area contributed by atoms with E-state index in [1.165, 1.54) is 0 Å². The minimum atomic E-state index is -4.28. The van der Waals surface area contributed by atoms with E-state index in [9.17, 15) is 22.8 Å². The summed E-state index contributed by atoms with van der Waals surface area (Å²) in [5, 5.41) is 20.9. The Kier molecular flexibility index (Phi) is 6.33. The SMILES string of the molecule is O=C(NCCCC(F)(F)F)NC(CO)C(=O)O. The standard InChI is InChI=1S/C8H13F3N2O4/c9-8(10,11)2-1-3-12-7(17)13-5(4-14)6(15)16/h5,14H,1-4H2,(H,15,16)(H2,12,13,17). The largest absolute Gasteiger partial charge is 0.480 e. The first-order valence-electron chi connectivity index (χ1n) is 4.71. The van der Waals surface area contributed by atoms with Gasteiger partial charge in [-0.25, -0.2) is 9.59 Å². The number of nitrogens with one attached hydrogen (secondary N) is 2. The van der Waals surface area contributed by atoms with E-state index < -0.39 is 37.2 Å². The van der Waals surface area contributed by atoms with Crippen LogP contribution in [0.4, 0.5) is 18.0 Å². The van der Waals surface area contributed by atoms with E-state index >= 15 is 0 Å². The van der Waals surface area contributed by atoms with Crippen molar-refractivity contribution in [3.05, 3.63) is 0 Å². The topological polar surface area (TPSA) is 98.7 Å². The fourth-order valence-corrected chi connectivity index (χ4v) is 0.886. The summed E-state index contributed by atoms with van der Waals surface area (Å²) in [6.45, 7) is -1.03. The predicted octanol–water partition coefficient (Wildman–Crippen LogP) is 0.0736. The summed E-state index contributed by atoms with van der Waals surface area (Å²) in [4.78, 5) is 21.3. The molecule has 0 aromatic carbocycles. The number of aliphatic hydroxyl groups is 1. The summed E-state index contributed by atoms with van der Waals surface area (Å²) in [6.07, 6.45) is -5.61. The van der Waals surface area contributed by atoms with Crippen LogP contribution in [0, 0.1) is 0 Å². The number of urea groups is 1. The fourth-order valence-electron chi connectivity index (χ4n) is 0.886. The lowest BCUT2D eigenvalue weighted by molar-refractivity contribution is -0.140. The van der Waals surface area contributed by atoms with Crippen LogP contribution in [0.1, 0.15) is 12.8 Å². The first-order chi connectivity index (χ1) is 7.76. The molecular formula is C8H13F3N2O4. The van der Waals surface area contributed by atoms with Crippen molar-refractivity contribution >= 4 is 12.0 Å². The van der Waals surface area contributed by atoms with E-state index in [1.54, 1.807) is 0 Å². The average Bonchev–Trinajstić information content (AvgIpc) is 2.19. The average molecular weight is 258 g/mol. The van der Waals surface area contributed by atoms with Crippen LogP contribution in [0.25, 0.3) is 0 Å². The number of rotatable bonds is 6. The third-order valence-corrected chi connectivity index (χ3v) is 1.71. The molecule has 4 N–H and O–H groups in total. The van der Waals surface area contributed by atoms with Crippen molar-refractivity contribution in [3.8, 4) is 0 Å². The van der Waals surface area contributed by atoms with Gasteiger partial charge in [-0.05, 0) is 6.42 Å². The molecule has 0 heterocycles. The van der Waals surface area contributed by atoms with E-state index in [1.807, 2.05) is 5.32 Å². The van der Waals surface area contributed by atoms with Crippen molar-refractivity contribution in [2.45, 2.75) is 25.1 Å². The lowest BCUT2D eigenvalue weighted by Crippen LogP contribution is -2.48. The van der Waals surface area contributed by atoms with Gasteiger partial charge in [-0.1, -0.05) is 0 Å². The van der Waals surface area contributed by atoms with Gasteiger partial charge < -0.3 is 20.8 Å². The number of carboxylic acids is 1. The molecular weight excluding hydrogens is 245 g/mol. The molecule has 1 unspecified atom stereocenters. The Morgan fingerprint density at radius 3 is 2.29 bits per heavy atom. The first-order valence-corrected chi connectivity index (χ1v) is 4.71. The third-order valence-electron chi connectivity index (χ3n) is 1.71. The Morgan fingerprint density at radius 1 is 1.29 bits per heavy atom. The van der Waals surface area contributed by atoms with Crippen LogP contribution in [-0.2, 0) is 4.79 Å². The number of hydrogen-bond donors (Lipinski definition) is 4. The number of halogens is 3. The van der Waals surface area contributed by atoms with Crippen molar-refractivity contribution < 1.29 is 33.0 Å². The van der Waals surface area contributed by atoms with Gasteiger partial charge in [0.25, 0.3) is 0 Å². The molecule has 9 heteroatoms. The van der Waals surface area contributed by atoms with Gasteiger partial charge in [0, 0.05) is 13.0 Å². The minimum absolute atomic E-state index is 0.233. The highest BCUT2D eigenvalue weighted by molar-refractivity contribution is 5.82. The number of amides is 2. The van der Waals surface area contributed by atoms with Crippen LogP contribution in [0.15, 0.2) is 0 Å². The smallest absolute Gasteiger partial charge is 0.389 e. The number of carbonyl (C=O) groups excluding carboxylic acids is 1. The summed E-state index contributed by atoms with van der Waals surface area (Å²) in [7, 11) is 0. The monoisotopic (exact) mass is 258 g/mol. The fraction of sp³-hybridized carbons (Fsp3) is 0.750. The van der Waals surface area contributed by atoms with Gasteiger partial charge in [-0.2, -0.15) is 13.2 Å². The maximum atomic E-state index is 11.7. The molecule has 0 rings (SSSR count). The Labute approximate surface area is 94.8 Å². The molecule has 1 atom stereocenters. The molecule has 17 heavy (non-hydrogen) atoms. The predicted molar refractivity (Wildman–Crippen MR) is 50.3 cm³/mol. The molecule has 0 aromatic heterocycles. The molecule has 0 fully saturated rings. The van der Waals surface area contributed by atoms with Gasteiger partial charge in [0.05, 0.1) is 6.61 Å². The summed E-state index contributed by atoms with van der Waals surface area (Å²) < 4.78 is 35.1. The van der Waals surface area contributed by atoms with Gasteiger partial charge >= 0.3 is 18.2 Å².